The van der Waals surface area contributed by atoms with Crippen LogP contribution in [0.2, 0.25) is 0 Å². The van der Waals surface area contributed by atoms with Crippen molar-refractivity contribution >= 4 is 5.91 Å². The number of amides is 1. The maximum Gasteiger partial charge on any atom is 0.217 e. The van der Waals surface area contributed by atoms with E-state index in [0.717, 1.165) is 6.42 Å². The quantitative estimate of drug-likeness (QED) is 0.617. The second-order valence-corrected chi connectivity index (χ2v) is 3.91. The zero-order chi connectivity index (χ0) is 10.0. The predicted molar refractivity (Wildman–Crippen MR) is 51.1 cm³/mol. The Morgan fingerprint density at radius 1 is 1.64 bits per heavy atom. The molecule has 0 fully saturated rings. The van der Waals surface area contributed by atoms with Crippen LogP contribution in [0.15, 0.2) is 11.6 Å². The molecule has 0 radical (unpaired) electrons. The first kappa shape index (κ1) is 14.2. The molecule has 1 aliphatic rings. The Kier molecular flexibility index (Phi) is 6.04. The van der Waals surface area contributed by atoms with Crippen molar-refractivity contribution in [2.24, 2.45) is 5.92 Å². The summed E-state index contributed by atoms with van der Waals surface area (Å²) >= 11 is 0. The van der Waals surface area contributed by atoms with Crippen molar-refractivity contribution in [3.05, 3.63) is 11.6 Å². The molecule has 0 heterocycles. The van der Waals surface area contributed by atoms with Crippen LogP contribution < -0.4 is 5.32 Å². The summed E-state index contributed by atoms with van der Waals surface area (Å²) in [5.41, 5.74) is 1.20. The number of carbonyl (C=O) groups is 1. The number of hydrogen-bond donors (Lipinski definition) is 2. The zero-order valence-electron chi connectivity index (χ0n) is 8.87. The maximum absolute atomic E-state index is 10.8. The summed E-state index contributed by atoms with van der Waals surface area (Å²) in [5.74, 6) is 0.229. The van der Waals surface area contributed by atoms with E-state index in [1.54, 1.807) is 0 Å². The molecule has 2 N–H and O–H groups in total. The minimum atomic E-state index is -0.535. The molecular weight excluding hydrogens is 404 g/mol. The molecule has 0 saturated heterocycles. The van der Waals surface area contributed by atoms with Gasteiger partial charge in [0.15, 0.2) is 0 Å². The van der Waals surface area contributed by atoms with Crippen LogP contribution in [0.5, 0.6) is 0 Å². The first-order valence-electron chi connectivity index (χ1n) is 4.63. The zero-order valence-corrected chi connectivity index (χ0v) is 13.0. The minimum absolute atomic E-state index is 0. The summed E-state index contributed by atoms with van der Waals surface area (Å²) in [4.78, 5) is 10.8. The average Bonchev–Trinajstić information content (AvgIpc) is 1.96. The summed E-state index contributed by atoms with van der Waals surface area (Å²) in [6.45, 7) is 5.52. The number of hydrogen-bond acceptors (Lipinski definition) is 2. The van der Waals surface area contributed by atoms with Crippen LogP contribution in [0.25, 0.3) is 0 Å². The van der Waals surface area contributed by atoms with E-state index in [4.69, 9.17) is 0 Å². The van der Waals surface area contributed by atoms with Gasteiger partial charge < -0.3 is 10.4 Å². The molecule has 0 aliphatic heterocycles. The minimum Gasteiger partial charge on any atom is -0.387 e. The third-order valence-corrected chi connectivity index (χ3v) is 2.45. The number of aliphatic hydroxyl groups is 1. The number of allylic oxidation sites excluding steroid dienone is 1. The molecule has 0 unspecified atom stereocenters. The molecule has 0 aromatic rings. The standard InChI is InChI=1S/C10H17NO2.U/c1-6-4-7(2)10(9(13)5-6)11-8(3)12;/h5,7,9-10,13H,4H2,1-3H3,(H,11,12);/t7-,9+,10+;/m0./s1. The fraction of sp³-hybridized carbons (Fsp3) is 0.700. The van der Waals surface area contributed by atoms with Crippen LogP contribution in [0.3, 0.4) is 0 Å². The Balaban J connectivity index is 0.00000169. The topological polar surface area (TPSA) is 49.3 Å². The summed E-state index contributed by atoms with van der Waals surface area (Å²) in [7, 11) is 0. The van der Waals surface area contributed by atoms with Crippen molar-refractivity contribution < 1.29 is 41.0 Å². The van der Waals surface area contributed by atoms with Crippen molar-refractivity contribution in [2.75, 3.05) is 0 Å². The number of rotatable bonds is 1. The van der Waals surface area contributed by atoms with Crippen molar-refractivity contribution in [1.29, 1.82) is 0 Å². The second-order valence-electron chi connectivity index (χ2n) is 3.91. The molecule has 0 aromatic carbocycles. The number of aliphatic hydroxyl groups excluding tert-OH is 1. The molecule has 14 heavy (non-hydrogen) atoms. The Morgan fingerprint density at radius 3 is 2.64 bits per heavy atom. The molecule has 78 valence electrons. The number of nitrogens with one attached hydrogen (secondary N) is 1. The molecule has 0 bridgehead atoms. The molecule has 3 atom stereocenters. The summed E-state index contributed by atoms with van der Waals surface area (Å²) in [6.07, 6.45) is 2.23. The van der Waals surface area contributed by atoms with Gasteiger partial charge in [-0.1, -0.05) is 18.6 Å². The van der Waals surface area contributed by atoms with Crippen molar-refractivity contribution in [3.63, 3.8) is 0 Å². The molecule has 0 saturated carbocycles. The van der Waals surface area contributed by atoms with Crippen LogP contribution in [0.1, 0.15) is 27.2 Å². The Labute approximate surface area is 109 Å². The van der Waals surface area contributed by atoms with E-state index in [1.807, 2.05) is 19.9 Å². The molecule has 0 spiro atoms. The van der Waals surface area contributed by atoms with Gasteiger partial charge in [0.2, 0.25) is 5.91 Å². The van der Waals surface area contributed by atoms with Gasteiger partial charge in [0.25, 0.3) is 0 Å². The molecule has 1 aliphatic carbocycles. The first-order chi connectivity index (χ1) is 6.00. The monoisotopic (exact) mass is 421 g/mol. The van der Waals surface area contributed by atoms with Crippen LogP contribution in [-0.2, 0) is 4.79 Å². The van der Waals surface area contributed by atoms with Crippen LogP contribution >= 0.6 is 0 Å². The van der Waals surface area contributed by atoms with Crippen LogP contribution in [0, 0.1) is 37.0 Å². The van der Waals surface area contributed by atoms with E-state index < -0.39 is 6.10 Å². The Hall–Kier alpha value is 0.222. The van der Waals surface area contributed by atoms with E-state index in [2.05, 4.69) is 5.32 Å². The van der Waals surface area contributed by atoms with E-state index in [0.29, 0.717) is 5.92 Å². The third kappa shape index (κ3) is 3.76. The Morgan fingerprint density at radius 2 is 2.21 bits per heavy atom. The van der Waals surface area contributed by atoms with Gasteiger partial charge in [0.1, 0.15) is 0 Å². The van der Waals surface area contributed by atoms with Crippen LogP contribution in [-0.4, -0.2) is 23.2 Å². The molecular formula is C10H17NO2U. The molecule has 1 amide bonds. The van der Waals surface area contributed by atoms with Crippen molar-refractivity contribution in [1.82, 2.24) is 5.32 Å². The van der Waals surface area contributed by atoms with E-state index in [-0.39, 0.29) is 43.1 Å². The Bertz CT molecular complexity index is 240. The van der Waals surface area contributed by atoms with Crippen molar-refractivity contribution in [2.45, 2.75) is 39.3 Å². The SMILES string of the molecule is CC(=O)N[C@H]1[C@H](O)C=C(C)C[C@@H]1C.[U]. The van der Waals surface area contributed by atoms with Gasteiger partial charge in [-0.3, -0.25) is 4.79 Å². The normalized spacial score (nSPS) is 31.4. The van der Waals surface area contributed by atoms with Crippen LogP contribution in [0.4, 0.5) is 0 Å². The first-order valence-corrected chi connectivity index (χ1v) is 4.63. The van der Waals surface area contributed by atoms with E-state index >= 15 is 0 Å². The van der Waals surface area contributed by atoms with Gasteiger partial charge in [0, 0.05) is 38.0 Å². The summed E-state index contributed by atoms with van der Waals surface area (Å²) in [5, 5.41) is 12.4. The fourth-order valence-electron chi connectivity index (χ4n) is 1.90. The fourth-order valence-corrected chi connectivity index (χ4v) is 1.90. The van der Waals surface area contributed by atoms with Gasteiger partial charge >= 0.3 is 0 Å². The molecule has 4 heteroatoms. The van der Waals surface area contributed by atoms with Gasteiger partial charge in [-0.15, -0.1) is 0 Å². The van der Waals surface area contributed by atoms with Gasteiger partial charge in [-0.25, -0.2) is 0 Å². The predicted octanol–water partition coefficient (Wildman–Crippen LogP) is 0.838. The molecule has 1 rings (SSSR count). The summed E-state index contributed by atoms with van der Waals surface area (Å²) in [6, 6.07) is -0.124. The van der Waals surface area contributed by atoms with Gasteiger partial charge in [-0.05, 0) is 19.3 Å². The van der Waals surface area contributed by atoms with E-state index in [1.165, 1.54) is 12.5 Å². The second kappa shape index (κ2) is 5.95. The van der Waals surface area contributed by atoms with E-state index in [9.17, 15) is 9.90 Å². The van der Waals surface area contributed by atoms with Gasteiger partial charge in [0.05, 0.1) is 12.1 Å². The van der Waals surface area contributed by atoms with Crippen molar-refractivity contribution in [3.8, 4) is 0 Å². The number of carbonyl (C=O) groups excluding carboxylic acids is 1. The third-order valence-electron chi connectivity index (χ3n) is 2.45. The van der Waals surface area contributed by atoms with Gasteiger partial charge in [-0.2, -0.15) is 0 Å². The molecule has 3 nitrogen and oxygen atoms in total. The smallest absolute Gasteiger partial charge is 0.217 e. The molecule has 0 aromatic heterocycles. The average molecular weight is 421 g/mol. The summed E-state index contributed by atoms with van der Waals surface area (Å²) < 4.78 is 0. The largest absolute Gasteiger partial charge is 0.387 e. The maximum atomic E-state index is 10.8.